The van der Waals surface area contributed by atoms with E-state index in [0.717, 1.165) is 12.8 Å². The van der Waals surface area contributed by atoms with Crippen LogP contribution in [0.1, 0.15) is 168 Å². The Hall–Kier alpha value is 0.580. The van der Waals surface area contributed by atoms with Crippen LogP contribution in [-0.4, -0.2) is 114 Å². The third-order valence-electron chi connectivity index (χ3n) is 7.77. The summed E-state index contributed by atoms with van der Waals surface area (Å²) in [5.74, 6) is 0. The molecule has 0 unspecified atom stereocenters. The smallest absolute Gasteiger partial charge is 0.394 e. The summed E-state index contributed by atoms with van der Waals surface area (Å²) in [6.07, 6.45) is 32.0. The molecule has 0 rings (SSSR count). The minimum Gasteiger partial charge on any atom is -0.396 e. The van der Waals surface area contributed by atoms with Crippen LogP contribution in [0.4, 0.5) is 0 Å². The Morgan fingerprint density at radius 2 is 0.604 bits per heavy atom. The van der Waals surface area contributed by atoms with Crippen LogP contribution in [0.25, 0.3) is 0 Å². The molecule has 0 heterocycles. The van der Waals surface area contributed by atoms with Crippen molar-refractivity contribution in [3.63, 3.8) is 0 Å². The van der Waals surface area contributed by atoms with E-state index in [-0.39, 0.29) is 42.8 Å². The van der Waals surface area contributed by atoms with Gasteiger partial charge >= 0.3 is 20.8 Å². The predicted octanol–water partition coefficient (Wildman–Crippen LogP) is 7.71. The largest absolute Gasteiger partial charge is 0.396 e. The fraction of sp³-hybridized carbons (Fsp3) is 1.00. The minimum absolute atomic E-state index is 0. The molecule has 0 saturated carbocycles. The SMILES string of the molecule is CCCCCCCCCCCCCCOCC(CO)(CO)COCCCCCCCCCCCCCC.O=S(=O)(O)O.O=S(=O)(O)O.[Na]. The molecule has 12 nitrogen and oxygen atoms in total. The number of ether oxygens (including phenoxy) is 2. The number of hydrogen-bond acceptors (Lipinski definition) is 8. The van der Waals surface area contributed by atoms with Gasteiger partial charge in [-0.1, -0.05) is 155 Å². The first-order valence-corrected chi connectivity index (χ1v) is 20.8. The Morgan fingerprint density at radius 3 is 0.792 bits per heavy atom. The van der Waals surface area contributed by atoms with Crippen molar-refractivity contribution in [3.8, 4) is 0 Å². The molecule has 0 spiro atoms. The molecule has 0 aromatic heterocycles. The molecule has 0 aliphatic carbocycles. The molecule has 6 N–H and O–H groups in total. The molecule has 0 saturated heterocycles. The molecule has 0 aliphatic rings. The van der Waals surface area contributed by atoms with Gasteiger partial charge in [0.25, 0.3) is 0 Å². The summed E-state index contributed by atoms with van der Waals surface area (Å²) in [6, 6.07) is 0. The molecule has 0 atom stereocenters. The third kappa shape index (κ3) is 58.8. The molecule has 289 valence electrons. The predicted molar refractivity (Wildman–Crippen MR) is 195 cm³/mol. The van der Waals surface area contributed by atoms with Crippen LogP contribution in [0.5, 0.6) is 0 Å². The van der Waals surface area contributed by atoms with Crippen molar-refractivity contribution in [2.45, 2.75) is 168 Å². The van der Waals surface area contributed by atoms with Gasteiger partial charge in [-0.05, 0) is 12.8 Å². The van der Waals surface area contributed by atoms with E-state index in [9.17, 15) is 10.2 Å². The molecule has 0 aromatic carbocycles. The maximum Gasteiger partial charge on any atom is 0.394 e. The van der Waals surface area contributed by atoms with Crippen LogP contribution in [0.2, 0.25) is 0 Å². The number of aliphatic hydroxyl groups excluding tert-OH is 2. The van der Waals surface area contributed by atoms with E-state index in [1.54, 1.807) is 0 Å². The molecule has 1 radical (unpaired) electrons. The van der Waals surface area contributed by atoms with Gasteiger partial charge < -0.3 is 19.7 Å². The van der Waals surface area contributed by atoms with E-state index in [1.165, 1.54) is 141 Å². The first kappa shape index (κ1) is 55.3. The van der Waals surface area contributed by atoms with Crippen molar-refractivity contribution in [1.82, 2.24) is 0 Å². The summed E-state index contributed by atoms with van der Waals surface area (Å²) in [6.45, 7) is 6.51. The molecule has 0 bridgehead atoms. The number of hydrogen-bond donors (Lipinski definition) is 6. The molecular formula is C33H72NaO12S2. The zero-order chi connectivity index (χ0) is 36.1. The van der Waals surface area contributed by atoms with E-state index >= 15 is 0 Å². The molecule has 0 aliphatic heterocycles. The van der Waals surface area contributed by atoms with Gasteiger partial charge in [0, 0.05) is 42.8 Å². The third-order valence-corrected chi connectivity index (χ3v) is 7.77. The second-order valence-electron chi connectivity index (χ2n) is 12.6. The van der Waals surface area contributed by atoms with E-state index in [0.29, 0.717) is 26.4 Å². The molecule has 0 fully saturated rings. The van der Waals surface area contributed by atoms with E-state index in [1.807, 2.05) is 0 Å². The van der Waals surface area contributed by atoms with Gasteiger partial charge in [0.15, 0.2) is 0 Å². The standard InChI is InChI=1S/C33H68O4.Na.2H2O4S/c1-3-5-7-9-11-13-15-17-19-21-23-25-27-36-31-33(29-34,30-35)32-37-28-26-24-22-20-18-16-14-12-10-8-6-4-2;;2*1-5(2,3)4/h34-35H,3-32H2,1-2H3;;2*(H2,1,2,3,4). The molecule has 48 heavy (non-hydrogen) atoms. The molecule has 0 amide bonds. The van der Waals surface area contributed by atoms with Crippen molar-refractivity contribution in [3.05, 3.63) is 0 Å². The van der Waals surface area contributed by atoms with Gasteiger partial charge in [0.05, 0.1) is 31.8 Å². The first-order chi connectivity index (χ1) is 22.2. The second kappa shape index (κ2) is 40.4. The fourth-order valence-electron chi connectivity index (χ4n) is 4.94. The average molecular weight is 748 g/mol. The van der Waals surface area contributed by atoms with Crippen LogP contribution >= 0.6 is 0 Å². The quantitative estimate of drug-likeness (QED) is 0.0222. The van der Waals surface area contributed by atoms with Crippen molar-refractivity contribution in [2.75, 3.05) is 39.6 Å². The maximum atomic E-state index is 9.86. The zero-order valence-electron chi connectivity index (χ0n) is 30.7. The van der Waals surface area contributed by atoms with Gasteiger partial charge in [0.1, 0.15) is 0 Å². The van der Waals surface area contributed by atoms with Crippen molar-refractivity contribution in [2.24, 2.45) is 5.41 Å². The summed E-state index contributed by atoms with van der Waals surface area (Å²) in [7, 11) is -9.33. The summed E-state index contributed by atoms with van der Waals surface area (Å²) in [5, 5.41) is 19.7. The van der Waals surface area contributed by atoms with Crippen molar-refractivity contribution >= 4 is 50.4 Å². The zero-order valence-corrected chi connectivity index (χ0v) is 34.3. The van der Waals surface area contributed by atoms with Gasteiger partial charge in [-0.3, -0.25) is 18.2 Å². The van der Waals surface area contributed by atoms with Crippen molar-refractivity contribution < 1.29 is 54.7 Å². The fourth-order valence-corrected chi connectivity index (χ4v) is 4.94. The maximum absolute atomic E-state index is 9.86. The van der Waals surface area contributed by atoms with Crippen LogP contribution in [0.15, 0.2) is 0 Å². The van der Waals surface area contributed by atoms with Crippen LogP contribution in [0, 0.1) is 5.41 Å². The second-order valence-corrected chi connectivity index (χ2v) is 14.4. The summed E-state index contributed by atoms with van der Waals surface area (Å²) in [4.78, 5) is 0. The number of unbranched alkanes of at least 4 members (excludes halogenated alkanes) is 22. The topological polar surface area (TPSA) is 208 Å². The molecular weight excluding hydrogens is 675 g/mol. The van der Waals surface area contributed by atoms with Gasteiger partial charge in [-0.25, -0.2) is 0 Å². The average Bonchev–Trinajstić information content (AvgIpc) is 2.99. The Bertz CT molecular complexity index is 746. The van der Waals surface area contributed by atoms with Crippen molar-refractivity contribution in [1.29, 1.82) is 0 Å². The number of aliphatic hydroxyl groups is 2. The Labute approximate surface area is 316 Å². The molecule has 0 aromatic rings. The van der Waals surface area contributed by atoms with E-state index < -0.39 is 26.2 Å². The van der Waals surface area contributed by atoms with E-state index in [2.05, 4.69) is 13.8 Å². The monoisotopic (exact) mass is 747 g/mol. The first-order valence-electron chi connectivity index (χ1n) is 18.0. The number of rotatable bonds is 32. The summed E-state index contributed by atoms with van der Waals surface area (Å²) < 4.78 is 74.9. The summed E-state index contributed by atoms with van der Waals surface area (Å²) >= 11 is 0. The molecule has 15 heteroatoms. The van der Waals surface area contributed by atoms with Gasteiger partial charge in [-0.2, -0.15) is 16.8 Å². The normalized spacial score (nSPS) is 11.7. The minimum atomic E-state index is -4.67. The van der Waals surface area contributed by atoms with Crippen LogP contribution < -0.4 is 0 Å². The van der Waals surface area contributed by atoms with Gasteiger partial charge in [0.2, 0.25) is 0 Å². The van der Waals surface area contributed by atoms with Gasteiger partial charge in [-0.15, -0.1) is 0 Å². The van der Waals surface area contributed by atoms with E-state index in [4.69, 9.17) is 44.5 Å². The Balaban J connectivity index is -0.000000761. The Morgan fingerprint density at radius 1 is 0.417 bits per heavy atom. The van der Waals surface area contributed by atoms with Crippen LogP contribution in [-0.2, 0) is 30.3 Å². The van der Waals surface area contributed by atoms with Crippen LogP contribution in [0.3, 0.4) is 0 Å². The Kier molecular flexibility index (Phi) is 46.5. The summed E-state index contributed by atoms with van der Waals surface area (Å²) in [5.41, 5.74) is -0.672.